The van der Waals surface area contributed by atoms with Gasteiger partial charge in [0.25, 0.3) is 11.8 Å². The second-order valence-electron chi connectivity index (χ2n) is 6.24. The SMILES string of the molecule is CCOc1ccc(C(=O)O)cc1/C=C1/C(=O)NC(=O)N(c2ccccc2C)C1=O. The number of nitrogens with one attached hydrogen (secondary N) is 1. The van der Waals surface area contributed by atoms with E-state index in [0.29, 0.717) is 23.6 Å². The van der Waals surface area contributed by atoms with E-state index in [-0.39, 0.29) is 16.7 Å². The van der Waals surface area contributed by atoms with E-state index >= 15 is 0 Å². The number of hydrogen-bond acceptors (Lipinski definition) is 5. The van der Waals surface area contributed by atoms with E-state index in [0.717, 1.165) is 4.90 Å². The molecule has 29 heavy (non-hydrogen) atoms. The fourth-order valence-electron chi connectivity index (χ4n) is 2.93. The zero-order valence-electron chi connectivity index (χ0n) is 15.8. The average molecular weight is 394 g/mol. The number of ether oxygens (including phenoxy) is 1. The van der Waals surface area contributed by atoms with E-state index in [1.54, 1.807) is 38.1 Å². The number of aryl methyl sites for hydroxylation is 1. The number of para-hydroxylation sites is 1. The highest BCUT2D eigenvalue weighted by Crippen LogP contribution is 2.28. The van der Waals surface area contributed by atoms with Crippen LogP contribution in [0, 0.1) is 6.92 Å². The number of amides is 4. The molecule has 1 fully saturated rings. The van der Waals surface area contributed by atoms with Crippen molar-refractivity contribution in [3.05, 3.63) is 64.7 Å². The number of urea groups is 1. The first-order valence-corrected chi connectivity index (χ1v) is 8.80. The van der Waals surface area contributed by atoms with Gasteiger partial charge in [0.05, 0.1) is 17.9 Å². The van der Waals surface area contributed by atoms with Crippen LogP contribution in [0.25, 0.3) is 6.08 Å². The van der Waals surface area contributed by atoms with E-state index in [2.05, 4.69) is 5.32 Å². The van der Waals surface area contributed by atoms with Crippen molar-refractivity contribution in [1.29, 1.82) is 0 Å². The van der Waals surface area contributed by atoms with Gasteiger partial charge in [-0.2, -0.15) is 0 Å². The highest BCUT2D eigenvalue weighted by atomic mass is 16.5. The molecule has 8 heteroatoms. The summed E-state index contributed by atoms with van der Waals surface area (Å²) in [4.78, 5) is 49.9. The van der Waals surface area contributed by atoms with Crippen molar-refractivity contribution >= 4 is 35.6 Å². The van der Waals surface area contributed by atoms with Gasteiger partial charge in [0.1, 0.15) is 11.3 Å². The number of carboxylic acid groups (broad SMARTS) is 1. The van der Waals surface area contributed by atoms with Gasteiger partial charge in [0.15, 0.2) is 0 Å². The summed E-state index contributed by atoms with van der Waals surface area (Å²) in [6.07, 6.45) is 1.23. The summed E-state index contributed by atoms with van der Waals surface area (Å²) < 4.78 is 5.47. The Hall–Kier alpha value is -3.94. The molecular formula is C21H18N2O6. The molecule has 8 nitrogen and oxygen atoms in total. The van der Waals surface area contributed by atoms with Crippen molar-refractivity contribution in [3.63, 3.8) is 0 Å². The molecular weight excluding hydrogens is 376 g/mol. The molecule has 0 spiro atoms. The molecule has 0 unspecified atom stereocenters. The highest BCUT2D eigenvalue weighted by Gasteiger charge is 2.37. The fourth-order valence-corrected chi connectivity index (χ4v) is 2.93. The van der Waals surface area contributed by atoms with Crippen LogP contribution in [-0.2, 0) is 9.59 Å². The number of aromatic carboxylic acids is 1. The van der Waals surface area contributed by atoms with E-state index in [4.69, 9.17) is 4.74 Å². The molecule has 4 amide bonds. The Morgan fingerprint density at radius 3 is 2.55 bits per heavy atom. The first-order chi connectivity index (χ1) is 13.8. The van der Waals surface area contributed by atoms with Gasteiger partial charge in [0.2, 0.25) is 0 Å². The van der Waals surface area contributed by atoms with E-state index in [1.165, 1.54) is 24.3 Å². The fraction of sp³-hybridized carbons (Fsp3) is 0.143. The molecule has 0 aliphatic carbocycles. The Balaban J connectivity index is 2.11. The number of barbiturate groups is 1. The van der Waals surface area contributed by atoms with Crippen molar-refractivity contribution in [3.8, 4) is 5.75 Å². The van der Waals surface area contributed by atoms with Crippen LogP contribution in [0.15, 0.2) is 48.0 Å². The summed E-state index contributed by atoms with van der Waals surface area (Å²) in [5.41, 5.74) is 0.918. The quantitative estimate of drug-likeness (QED) is 0.596. The number of nitrogens with zero attached hydrogens (tertiary/aromatic N) is 1. The molecule has 3 rings (SSSR count). The number of carbonyl (C=O) groups is 4. The van der Waals surface area contributed by atoms with Gasteiger partial charge >= 0.3 is 12.0 Å². The van der Waals surface area contributed by atoms with Crippen LogP contribution in [0.1, 0.15) is 28.4 Å². The zero-order chi connectivity index (χ0) is 21.1. The maximum atomic E-state index is 13.0. The number of benzene rings is 2. The monoisotopic (exact) mass is 394 g/mol. The van der Waals surface area contributed by atoms with Gasteiger partial charge in [0, 0.05) is 5.56 Å². The summed E-state index contributed by atoms with van der Waals surface area (Å²) in [6, 6.07) is 10.0. The summed E-state index contributed by atoms with van der Waals surface area (Å²) in [5.74, 6) is -2.53. The van der Waals surface area contributed by atoms with Crippen LogP contribution in [-0.4, -0.2) is 35.5 Å². The first-order valence-electron chi connectivity index (χ1n) is 8.80. The van der Waals surface area contributed by atoms with Crippen LogP contribution >= 0.6 is 0 Å². The minimum atomic E-state index is -1.16. The smallest absolute Gasteiger partial charge is 0.335 e. The van der Waals surface area contributed by atoms with Gasteiger partial charge in [-0.15, -0.1) is 0 Å². The number of rotatable bonds is 5. The molecule has 148 valence electrons. The standard InChI is InChI=1S/C21H18N2O6/c1-3-29-17-9-8-13(20(26)27)10-14(17)11-15-18(24)22-21(28)23(19(15)25)16-7-5-4-6-12(16)2/h4-11H,3H2,1-2H3,(H,26,27)(H,22,24,28)/b15-11-. The molecule has 1 saturated heterocycles. The average Bonchev–Trinajstić information content (AvgIpc) is 2.67. The summed E-state index contributed by atoms with van der Waals surface area (Å²) in [6.45, 7) is 3.79. The molecule has 0 saturated carbocycles. The Morgan fingerprint density at radius 2 is 1.90 bits per heavy atom. The largest absolute Gasteiger partial charge is 0.493 e. The maximum absolute atomic E-state index is 13.0. The lowest BCUT2D eigenvalue weighted by atomic mass is 10.0. The van der Waals surface area contributed by atoms with Gasteiger partial charge in [-0.05, 0) is 49.8 Å². The topological polar surface area (TPSA) is 113 Å². The number of carbonyl (C=O) groups excluding carboxylic acids is 3. The number of imide groups is 2. The Bertz CT molecular complexity index is 1060. The Morgan fingerprint density at radius 1 is 1.17 bits per heavy atom. The molecule has 1 heterocycles. The normalized spacial score (nSPS) is 15.4. The second-order valence-corrected chi connectivity index (χ2v) is 6.24. The van der Waals surface area contributed by atoms with E-state index < -0.39 is 23.8 Å². The summed E-state index contributed by atoms with van der Waals surface area (Å²) in [7, 11) is 0. The molecule has 0 aromatic heterocycles. The third kappa shape index (κ3) is 3.86. The Labute approximate surface area is 166 Å². The molecule has 2 aromatic carbocycles. The van der Waals surface area contributed by atoms with Gasteiger partial charge in [-0.3, -0.25) is 14.9 Å². The molecule has 1 aliphatic rings. The minimum Gasteiger partial charge on any atom is -0.493 e. The van der Waals surface area contributed by atoms with Crippen LogP contribution in [0.3, 0.4) is 0 Å². The summed E-state index contributed by atoms with van der Waals surface area (Å²) >= 11 is 0. The Kier molecular flexibility index (Phi) is 5.45. The maximum Gasteiger partial charge on any atom is 0.335 e. The predicted octanol–water partition coefficient (Wildman–Crippen LogP) is 2.76. The molecule has 0 atom stereocenters. The molecule has 0 bridgehead atoms. The van der Waals surface area contributed by atoms with Gasteiger partial charge in [-0.25, -0.2) is 14.5 Å². The van der Waals surface area contributed by atoms with E-state index in [9.17, 15) is 24.3 Å². The third-order valence-electron chi connectivity index (χ3n) is 4.31. The van der Waals surface area contributed by atoms with Crippen LogP contribution in [0.4, 0.5) is 10.5 Å². The van der Waals surface area contributed by atoms with Gasteiger partial charge in [-0.1, -0.05) is 18.2 Å². The first kappa shape index (κ1) is 19.8. The third-order valence-corrected chi connectivity index (χ3v) is 4.31. The van der Waals surface area contributed by atoms with Crippen molar-refractivity contribution < 1.29 is 29.0 Å². The van der Waals surface area contributed by atoms with Crippen LogP contribution < -0.4 is 15.0 Å². The number of hydrogen-bond donors (Lipinski definition) is 2. The molecule has 2 N–H and O–H groups in total. The van der Waals surface area contributed by atoms with Crippen molar-refractivity contribution in [1.82, 2.24) is 5.32 Å². The van der Waals surface area contributed by atoms with Gasteiger partial charge < -0.3 is 9.84 Å². The van der Waals surface area contributed by atoms with Crippen molar-refractivity contribution in [2.24, 2.45) is 0 Å². The number of anilines is 1. The van der Waals surface area contributed by atoms with Crippen LogP contribution in [0.5, 0.6) is 5.75 Å². The minimum absolute atomic E-state index is 0.0317. The molecule has 1 aliphatic heterocycles. The van der Waals surface area contributed by atoms with Crippen molar-refractivity contribution in [2.75, 3.05) is 11.5 Å². The summed E-state index contributed by atoms with van der Waals surface area (Å²) in [5, 5.41) is 11.4. The number of carboxylic acids is 1. The lowest BCUT2D eigenvalue weighted by Crippen LogP contribution is -2.54. The second kappa shape index (κ2) is 7.97. The van der Waals surface area contributed by atoms with E-state index in [1.807, 2.05) is 0 Å². The highest BCUT2D eigenvalue weighted by molar-refractivity contribution is 6.39. The van der Waals surface area contributed by atoms with Crippen molar-refractivity contribution in [2.45, 2.75) is 13.8 Å². The van der Waals surface area contributed by atoms with Crippen LogP contribution in [0.2, 0.25) is 0 Å². The lowest BCUT2D eigenvalue weighted by Gasteiger charge is -2.27. The molecule has 0 radical (unpaired) electrons. The zero-order valence-corrected chi connectivity index (χ0v) is 15.8. The molecule has 2 aromatic rings. The lowest BCUT2D eigenvalue weighted by molar-refractivity contribution is -0.122. The predicted molar refractivity (Wildman–Crippen MR) is 105 cm³/mol.